The Morgan fingerprint density at radius 3 is 2.38 bits per heavy atom. The molecule has 0 aliphatic heterocycles. The molecule has 29 heavy (non-hydrogen) atoms. The van der Waals surface area contributed by atoms with Crippen LogP contribution in [-0.4, -0.2) is 25.1 Å². The third-order valence-electron chi connectivity index (χ3n) is 5.20. The van der Waals surface area contributed by atoms with E-state index < -0.39 is 12.1 Å². The molecule has 1 aliphatic carbocycles. The maximum Gasteiger partial charge on any atom is 0.341 e. The highest BCUT2D eigenvalue weighted by molar-refractivity contribution is 7.17. The molecule has 2 aromatic rings. The van der Waals surface area contributed by atoms with E-state index in [0.717, 1.165) is 31.2 Å². The topological polar surface area (TPSA) is 64.6 Å². The van der Waals surface area contributed by atoms with Crippen molar-refractivity contribution < 1.29 is 19.1 Å². The maximum atomic E-state index is 12.7. The first-order valence-corrected chi connectivity index (χ1v) is 10.8. The van der Waals surface area contributed by atoms with E-state index in [1.807, 2.05) is 24.3 Å². The molecule has 0 spiro atoms. The Morgan fingerprint density at radius 2 is 1.76 bits per heavy atom. The second-order valence-corrected chi connectivity index (χ2v) is 9.54. The molecule has 0 fully saturated rings. The number of anilines is 1. The van der Waals surface area contributed by atoms with E-state index in [1.165, 1.54) is 28.9 Å². The van der Waals surface area contributed by atoms with Gasteiger partial charge < -0.3 is 14.8 Å². The Kier molecular flexibility index (Phi) is 6.32. The first-order chi connectivity index (χ1) is 13.7. The minimum atomic E-state index is -0.694. The number of methoxy groups -OCH3 is 1. The number of amides is 1. The number of ether oxygens (including phenoxy) is 2. The zero-order valence-electron chi connectivity index (χ0n) is 17.8. The average Bonchev–Trinajstić information content (AvgIpc) is 3.04. The summed E-state index contributed by atoms with van der Waals surface area (Å²) in [5.41, 5.74) is 2.79. The number of hydrogen-bond donors (Lipinski definition) is 1. The third-order valence-corrected chi connectivity index (χ3v) is 6.41. The van der Waals surface area contributed by atoms with Crippen LogP contribution in [0.4, 0.5) is 5.00 Å². The number of esters is 1. The molecule has 0 saturated carbocycles. The summed E-state index contributed by atoms with van der Waals surface area (Å²) >= 11 is 1.47. The molecule has 1 atom stereocenters. The Hall–Kier alpha value is -2.34. The number of nitrogens with one attached hydrogen (secondary N) is 1. The van der Waals surface area contributed by atoms with Gasteiger partial charge in [0.2, 0.25) is 0 Å². The van der Waals surface area contributed by atoms with Gasteiger partial charge in [0.25, 0.3) is 5.91 Å². The minimum absolute atomic E-state index is 0.0596. The smallest absolute Gasteiger partial charge is 0.341 e. The lowest BCUT2D eigenvalue weighted by Gasteiger charge is -2.20. The van der Waals surface area contributed by atoms with Gasteiger partial charge in [0.05, 0.1) is 12.7 Å². The SMILES string of the molecule is COC(=O)c1c(NC(=O)[C@@H](C)Oc2ccc(C(C)(C)C)cc2)sc2c1CCCC2. The van der Waals surface area contributed by atoms with Crippen LogP contribution in [0, 0.1) is 0 Å². The zero-order valence-corrected chi connectivity index (χ0v) is 18.6. The second kappa shape index (κ2) is 8.57. The van der Waals surface area contributed by atoms with E-state index in [4.69, 9.17) is 9.47 Å². The Labute approximate surface area is 176 Å². The average molecular weight is 416 g/mol. The van der Waals surface area contributed by atoms with Gasteiger partial charge in [-0.25, -0.2) is 4.79 Å². The molecule has 1 N–H and O–H groups in total. The normalized spacial score (nSPS) is 14.7. The molecule has 156 valence electrons. The summed E-state index contributed by atoms with van der Waals surface area (Å²) in [6, 6.07) is 7.80. The number of hydrogen-bond acceptors (Lipinski definition) is 5. The Balaban J connectivity index is 1.73. The molecule has 1 aromatic heterocycles. The summed E-state index contributed by atoms with van der Waals surface area (Å²) in [7, 11) is 1.37. The van der Waals surface area contributed by atoms with Crippen LogP contribution in [0.15, 0.2) is 24.3 Å². The van der Waals surface area contributed by atoms with E-state index in [2.05, 4.69) is 26.1 Å². The highest BCUT2D eigenvalue weighted by Gasteiger charge is 2.28. The van der Waals surface area contributed by atoms with Gasteiger partial charge in [0, 0.05) is 4.88 Å². The fraction of sp³-hybridized carbons (Fsp3) is 0.478. The maximum absolute atomic E-state index is 12.7. The largest absolute Gasteiger partial charge is 0.481 e. The lowest BCUT2D eigenvalue weighted by molar-refractivity contribution is -0.122. The van der Waals surface area contributed by atoms with Crippen LogP contribution in [0.25, 0.3) is 0 Å². The van der Waals surface area contributed by atoms with Gasteiger partial charge in [-0.1, -0.05) is 32.9 Å². The number of rotatable bonds is 5. The number of thiophene rings is 1. The van der Waals surface area contributed by atoms with Crippen molar-refractivity contribution in [1.82, 2.24) is 0 Å². The Bertz CT molecular complexity index is 893. The molecule has 0 bridgehead atoms. The van der Waals surface area contributed by atoms with Gasteiger partial charge in [-0.05, 0) is 61.3 Å². The van der Waals surface area contributed by atoms with Crippen LogP contribution in [-0.2, 0) is 27.8 Å². The van der Waals surface area contributed by atoms with Crippen molar-refractivity contribution in [3.05, 3.63) is 45.8 Å². The molecular weight excluding hydrogens is 386 g/mol. The van der Waals surface area contributed by atoms with Gasteiger partial charge in [0.1, 0.15) is 10.8 Å². The predicted molar refractivity (Wildman–Crippen MR) is 116 cm³/mol. The fourth-order valence-corrected chi connectivity index (χ4v) is 4.76. The molecule has 1 aliphatic rings. The van der Waals surface area contributed by atoms with E-state index >= 15 is 0 Å². The van der Waals surface area contributed by atoms with Crippen molar-refractivity contribution in [3.8, 4) is 5.75 Å². The lowest BCUT2D eigenvalue weighted by atomic mass is 9.87. The molecule has 1 amide bonds. The molecule has 0 saturated heterocycles. The summed E-state index contributed by atoms with van der Waals surface area (Å²) < 4.78 is 10.8. The van der Waals surface area contributed by atoms with Crippen molar-refractivity contribution in [2.24, 2.45) is 0 Å². The monoisotopic (exact) mass is 415 g/mol. The number of carbonyl (C=O) groups is 2. The predicted octanol–water partition coefficient (Wildman–Crippen LogP) is 5.12. The third kappa shape index (κ3) is 4.81. The number of aryl methyl sites for hydroxylation is 1. The summed E-state index contributed by atoms with van der Waals surface area (Å²) in [5, 5.41) is 3.45. The molecule has 5 nitrogen and oxygen atoms in total. The molecule has 1 aromatic carbocycles. The summed E-state index contributed by atoms with van der Waals surface area (Å²) in [6.07, 6.45) is 3.24. The number of fused-ring (bicyclic) bond motifs is 1. The van der Waals surface area contributed by atoms with E-state index in [0.29, 0.717) is 16.3 Å². The van der Waals surface area contributed by atoms with Gasteiger partial charge in [-0.3, -0.25) is 4.79 Å². The molecular formula is C23H29NO4S. The first kappa shape index (κ1) is 21.4. The second-order valence-electron chi connectivity index (χ2n) is 8.43. The van der Waals surface area contributed by atoms with Crippen LogP contribution in [0.5, 0.6) is 5.75 Å². The van der Waals surface area contributed by atoms with Crippen LogP contribution in [0.3, 0.4) is 0 Å². The van der Waals surface area contributed by atoms with E-state index in [1.54, 1.807) is 6.92 Å². The van der Waals surface area contributed by atoms with Crippen molar-refractivity contribution in [1.29, 1.82) is 0 Å². The zero-order chi connectivity index (χ0) is 21.2. The number of carbonyl (C=O) groups excluding carboxylic acids is 2. The highest BCUT2D eigenvalue weighted by Crippen LogP contribution is 2.38. The first-order valence-electron chi connectivity index (χ1n) is 10.0. The molecule has 0 unspecified atom stereocenters. The van der Waals surface area contributed by atoms with Crippen LogP contribution >= 0.6 is 11.3 Å². The lowest BCUT2D eigenvalue weighted by Crippen LogP contribution is -2.30. The molecule has 1 heterocycles. The van der Waals surface area contributed by atoms with Crippen molar-refractivity contribution in [2.45, 2.75) is 64.9 Å². The number of benzene rings is 1. The van der Waals surface area contributed by atoms with Crippen LogP contribution in [0.1, 0.15) is 66.9 Å². The Morgan fingerprint density at radius 1 is 1.10 bits per heavy atom. The van der Waals surface area contributed by atoms with Gasteiger partial charge in [0.15, 0.2) is 6.10 Å². The summed E-state index contributed by atoms with van der Waals surface area (Å²) in [6.45, 7) is 8.16. The van der Waals surface area contributed by atoms with Crippen LogP contribution < -0.4 is 10.1 Å². The molecule has 0 radical (unpaired) electrons. The summed E-state index contributed by atoms with van der Waals surface area (Å²) in [4.78, 5) is 26.2. The molecule has 3 rings (SSSR count). The standard InChI is InChI=1S/C23H29NO4S/c1-14(28-16-12-10-15(11-13-16)23(2,3)4)20(25)24-21-19(22(26)27-5)17-8-6-7-9-18(17)29-21/h10-14H,6-9H2,1-5H3,(H,24,25)/t14-/m1/s1. The van der Waals surface area contributed by atoms with Gasteiger partial charge >= 0.3 is 5.97 Å². The van der Waals surface area contributed by atoms with E-state index in [-0.39, 0.29) is 11.3 Å². The quantitative estimate of drug-likeness (QED) is 0.689. The summed E-state index contributed by atoms with van der Waals surface area (Å²) in [5.74, 6) is -0.0426. The minimum Gasteiger partial charge on any atom is -0.481 e. The van der Waals surface area contributed by atoms with Gasteiger partial charge in [-0.15, -0.1) is 11.3 Å². The van der Waals surface area contributed by atoms with Crippen LogP contribution in [0.2, 0.25) is 0 Å². The van der Waals surface area contributed by atoms with Crippen molar-refractivity contribution in [2.75, 3.05) is 12.4 Å². The highest BCUT2D eigenvalue weighted by atomic mass is 32.1. The van der Waals surface area contributed by atoms with Gasteiger partial charge in [-0.2, -0.15) is 0 Å². The van der Waals surface area contributed by atoms with E-state index in [9.17, 15) is 9.59 Å². The fourth-order valence-electron chi connectivity index (χ4n) is 3.48. The van der Waals surface area contributed by atoms with Crippen molar-refractivity contribution in [3.63, 3.8) is 0 Å². The molecule has 6 heteroatoms. The van der Waals surface area contributed by atoms with Crippen molar-refractivity contribution >= 4 is 28.2 Å².